The lowest BCUT2D eigenvalue weighted by molar-refractivity contribution is -0.143. The molecule has 2 aliphatic carbocycles. The summed E-state index contributed by atoms with van der Waals surface area (Å²) in [6, 6.07) is 0. The Balaban J connectivity index is 2.09. The Morgan fingerprint density at radius 1 is 1.36 bits per heavy atom. The fraction of sp³-hybridized carbons (Fsp3) is 0.900. The molecule has 0 saturated heterocycles. The van der Waals surface area contributed by atoms with Crippen molar-refractivity contribution in [1.29, 1.82) is 0 Å². The summed E-state index contributed by atoms with van der Waals surface area (Å²) in [5.41, 5.74) is 0. The van der Waals surface area contributed by atoms with Crippen LogP contribution in [-0.2, 0) is 4.79 Å². The molecule has 0 aromatic heterocycles. The van der Waals surface area contributed by atoms with E-state index in [0.717, 1.165) is 5.92 Å². The van der Waals surface area contributed by atoms with E-state index in [2.05, 4.69) is 13.8 Å². The summed E-state index contributed by atoms with van der Waals surface area (Å²) in [6.45, 7) is 4.36. The fourth-order valence-corrected chi connectivity index (χ4v) is 2.93. The van der Waals surface area contributed by atoms with Crippen LogP contribution in [0.15, 0.2) is 0 Å². The molecule has 1 heteroatoms. The summed E-state index contributed by atoms with van der Waals surface area (Å²) < 4.78 is 0. The summed E-state index contributed by atoms with van der Waals surface area (Å²) >= 11 is 0. The highest BCUT2D eigenvalue weighted by Gasteiger charge is 2.52. The molecule has 0 radical (unpaired) electrons. The first-order valence-corrected chi connectivity index (χ1v) is 4.75. The average Bonchev–Trinajstić information content (AvgIpc) is 2.30. The highest BCUT2D eigenvalue weighted by molar-refractivity contribution is 5.90. The number of carbonyl (C=O) groups is 1. The number of hydrogen-bond acceptors (Lipinski definition) is 1. The first kappa shape index (κ1) is 7.33. The summed E-state index contributed by atoms with van der Waals surface area (Å²) in [6.07, 6.45) is 3.80. The van der Waals surface area contributed by atoms with E-state index in [-0.39, 0.29) is 0 Å². The van der Waals surface area contributed by atoms with Crippen molar-refractivity contribution in [3.05, 3.63) is 0 Å². The zero-order valence-electron chi connectivity index (χ0n) is 7.34. The van der Waals surface area contributed by atoms with Gasteiger partial charge in [-0.2, -0.15) is 0 Å². The third kappa shape index (κ3) is 0.863. The second-order valence-electron chi connectivity index (χ2n) is 4.37. The summed E-state index contributed by atoms with van der Waals surface area (Å²) in [4.78, 5) is 11.5. The van der Waals surface area contributed by atoms with Crippen molar-refractivity contribution in [3.8, 4) is 0 Å². The van der Waals surface area contributed by atoms with Gasteiger partial charge in [0.2, 0.25) is 0 Å². The molecule has 0 heterocycles. The standard InChI is InChI=1S/C10H16O/c1-6(2)9-7-4-3-5-8(7)10(9)11/h6-9H,3-5H2,1-2H3. The lowest BCUT2D eigenvalue weighted by Gasteiger charge is -2.41. The van der Waals surface area contributed by atoms with Gasteiger partial charge in [-0.25, -0.2) is 0 Å². The first-order valence-electron chi connectivity index (χ1n) is 4.75. The van der Waals surface area contributed by atoms with Crippen LogP contribution in [0.25, 0.3) is 0 Å². The van der Waals surface area contributed by atoms with Crippen molar-refractivity contribution in [2.75, 3.05) is 0 Å². The lowest BCUT2D eigenvalue weighted by atomic mass is 9.61. The average molecular weight is 152 g/mol. The number of Topliss-reactive ketones (excluding diaryl/α,β-unsaturated/α-hetero) is 1. The topological polar surface area (TPSA) is 17.1 Å². The van der Waals surface area contributed by atoms with Gasteiger partial charge in [-0.15, -0.1) is 0 Å². The van der Waals surface area contributed by atoms with E-state index in [1.165, 1.54) is 19.3 Å². The molecule has 2 saturated carbocycles. The van der Waals surface area contributed by atoms with Crippen LogP contribution >= 0.6 is 0 Å². The van der Waals surface area contributed by atoms with Crippen LogP contribution in [0.4, 0.5) is 0 Å². The molecular weight excluding hydrogens is 136 g/mol. The van der Waals surface area contributed by atoms with Crippen molar-refractivity contribution in [2.45, 2.75) is 33.1 Å². The molecule has 2 rings (SSSR count). The molecule has 2 aliphatic rings. The SMILES string of the molecule is CC(C)C1C(=O)C2CCCC21. The molecule has 0 aromatic rings. The van der Waals surface area contributed by atoms with Crippen LogP contribution in [0.1, 0.15) is 33.1 Å². The molecule has 3 atom stereocenters. The Bertz CT molecular complexity index is 183. The third-order valence-corrected chi connectivity index (χ3v) is 3.44. The van der Waals surface area contributed by atoms with Crippen molar-refractivity contribution in [3.63, 3.8) is 0 Å². The summed E-state index contributed by atoms with van der Waals surface area (Å²) in [5.74, 6) is 2.86. The lowest BCUT2D eigenvalue weighted by Crippen LogP contribution is -2.46. The normalized spacial score (nSPS) is 42.5. The monoisotopic (exact) mass is 152 g/mol. The van der Waals surface area contributed by atoms with Gasteiger partial charge in [0.05, 0.1) is 0 Å². The molecule has 0 aromatic carbocycles. The van der Waals surface area contributed by atoms with Gasteiger partial charge in [0.25, 0.3) is 0 Å². The number of hydrogen-bond donors (Lipinski definition) is 0. The molecule has 0 aliphatic heterocycles. The molecule has 62 valence electrons. The number of rotatable bonds is 1. The Morgan fingerprint density at radius 2 is 2.09 bits per heavy atom. The van der Waals surface area contributed by atoms with Crippen LogP contribution in [-0.4, -0.2) is 5.78 Å². The predicted molar refractivity (Wildman–Crippen MR) is 44.2 cm³/mol. The van der Waals surface area contributed by atoms with Crippen LogP contribution in [0.2, 0.25) is 0 Å². The van der Waals surface area contributed by atoms with Gasteiger partial charge in [-0.1, -0.05) is 20.3 Å². The number of ketones is 1. The van der Waals surface area contributed by atoms with Crippen LogP contribution in [0.5, 0.6) is 0 Å². The minimum atomic E-state index is 0.433. The third-order valence-electron chi connectivity index (χ3n) is 3.44. The highest BCUT2D eigenvalue weighted by atomic mass is 16.1. The van der Waals surface area contributed by atoms with Crippen LogP contribution in [0, 0.1) is 23.7 Å². The molecule has 0 N–H and O–H groups in total. The van der Waals surface area contributed by atoms with E-state index in [1.54, 1.807) is 0 Å². The van der Waals surface area contributed by atoms with Gasteiger partial charge in [0, 0.05) is 11.8 Å². The molecule has 0 bridgehead atoms. The van der Waals surface area contributed by atoms with E-state index >= 15 is 0 Å². The van der Waals surface area contributed by atoms with Crippen molar-refractivity contribution >= 4 is 5.78 Å². The minimum absolute atomic E-state index is 0.433. The van der Waals surface area contributed by atoms with Crippen LogP contribution < -0.4 is 0 Å². The predicted octanol–water partition coefficient (Wildman–Crippen LogP) is 2.26. The van der Waals surface area contributed by atoms with E-state index in [9.17, 15) is 4.79 Å². The Morgan fingerprint density at radius 3 is 2.73 bits per heavy atom. The second kappa shape index (κ2) is 2.33. The van der Waals surface area contributed by atoms with E-state index < -0.39 is 0 Å². The minimum Gasteiger partial charge on any atom is -0.299 e. The number of fused-ring (bicyclic) bond motifs is 1. The zero-order valence-corrected chi connectivity index (χ0v) is 7.34. The van der Waals surface area contributed by atoms with E-state index in [0.29, 0.717) is 23.5 Å². The number of carbonyl (C=O) groups excluding carboxylic acids is 1. The van der Waals surface area contributed by atoms with E-state index in [4.69, 9.17) is 0 Å². The molecule has 3 unspecified atom stereocenters. The molecule has 0 amide bonds. The van der Waals surface area contributed by atoms with Crippen molar-refractivity contribution < 1.29 is 4.79 Å². The largest absolute Gasteiger partial charge is 0.299 e. The molecule has 1 nitrogen and oxygen atoms in total. The first-order chi connectivity index (χ1) is 5.22. The maximum absolute atomic E-state index is 11.5. The molecular formula is C10H16O. The van der Waals surface area contributed by atoms with Gasteiger partial charge in [0.1, 0.15) is 5.78 Å². The maximum atomic E-state index is 11.5. The molecule has 2 fully saturated rings. The van der Waals surface area contributed by atoms with Gasteiger partial charge >= 0.3 is 0 Å². The van der Waals surface area contributed by atoms with Crippen molar-refractivity contribution in [2.24, 2.45) is 23.7 Å². The Hall–Kier alpha value is -0.330. The Kier molecular flexibility index (Phi) is 1.55. The fourth-order valence-electron chi connectivity index (χ4n) is 2.93. The van der Waals surface area contributed by atoms with Gasteiger partial charge < -0.3 is 0 Å². The van der Waals surface area contributed by atoms with Crippen LogP contribution in [0.3, 0.4) is 0 Å². The van der Waals surface area contributed by atoms with Crippen molar-refractivity contribution in [1.82, 2.24) is 0 Å². The van der Waals surface area contributed by atoms with Gasteiger partial charge in [0.15, 0.2) is 0 Å². The van der Waals surface area contributed by atoms with Gasteiger partial charge in [-0.05, 0) is 24.7 Å². The zero-order chi connectivity index (χ0) is 8.01. The molecule has 0 spiro atoms. The summed E-state index contributed by atoms with van der Waals surface area (Å²) in [7, 11) is 0. The molecule has 11 heavy (non-hydrogen) atoms. The van der Waals surface area contributed by atoms with Gasteiger partial charge in [-0.3, -0.25) is 4.79 Å². The summed E-state index contributed by atoms with van der Waals surface area (Å²) in [5, 5.41) is 0. The second-order valence-corrected chi connectivity index (χ2v) is 4.37. The quantitative estimate of drug-likeness (QED) is 0.563. The smallest absolute Gasteiger partial charge is 0.139 e. The highest BCUT2D eigenvalue weighted by Crippen LogP contribution is 2.50. The Labute approximate surface area is 68.2 Å². The maximum Gasteiger partial charge on any atom is 0.139 e. The van der Waals surface area contributed by atoms with E-state index in [1.807, 2.05) is 0 Å².